The summed E-state index contributed by atoms with van der Waals surface area (Å²) in [5.41, 5.74) is 0. The molecule has 1 heterocycles. The van der Waals surface area contributed by atoms with Gasteiger partial charge >= 0.3 is 5.97 Å². The number of rotatable bonds is 5. The highest BCUT2D eigenvalue weighted by molar-refractivity contribution is 5.85. The number of carbonyl (C=O) groups is 1. The number of hydrogen-bond acceptors (Lipinski definition) is 2. The number of aliphatic carboxylic acids is 1. The van der Waals surface area contributed by atoms with Crippen LogP contribution in [-0.4, -0.2) is 35.6 Å². The summed E-state index contributed by atoms with van der Waals surface area (Å²) in [6.45, 7) is 3.66. The minimum atomic E-state index is -0.659. The van der Waals surface area contributed by atoms with Crippen molar-refractivity contribution >= 4 is 18.4 Å². The molecule has 0 radical (unpaired) electrons. The average Bonchev–Trinajstić information content (AvgIpc) is 2.71. The molecule has 2 unspecified atom stereocenters. The van der Waals surface area contributed by atoms with E-state index in [1.807, 2.05) is 0 Å². The van der Waals surface area contributed by atoms with E-state index >= 15 is 0 Å². The Kier molecular flexibility index (Phi) is 5.56. The molecule has 94 valence electrons. The van der Waals surface area contributed by atoms with Crippen LogP contribution in [0.4, 0.5) is 0 Å². The van der Waals surface area contributed by atoms with Gasteiger partial charge in [-0.15, -0.1) is 12.4 Å². The molecule has 2 rings (SSSR count). The fraction of sp³-hybridized carbons (Fsp3) is 0.917. The van der Waals surface area contributed by atoms with Crippen molar-refractivity contribution in [3.63, 3.8) is 0 Å². The van der Waals surface area contributed by atoms with Crippen LogP contribution in [0.2, 0.25) is 0 Å². The molecule has 0 bridgehead atoms. The van der Waals surface area contributed by atoms with Crippen molar-refractivity contribution in [2.45, 2.75) is 38.5 Å². The Morgan fingerprint density at radius 2 is 1.81 bits per heavy atom. The van der Waals surface area contributed by atoms with Crippen LogP contribution in [0.25, 0.3) is 0 Å². The Labute approximate surface area is 104 Å². The molecule has 3 nitrogen and oxygen atoms in total. The minimum absolute atomic E-state index is 0. The van der Waals surface area contributed by atoms with Gasteiger partial charge in [-0.3, -0.25) is 4.79 Å². The molecule has 1 saturated heterocycles. The largest absolute Gasteiger partial charge is 0.481 e. The van der Waals surface area contributed by atoms with Gasteiger partial charge in [0.15, 0.2) is 0 Å². The van der Waals surface area contributed by atoms with Crippen LogP contribution in [0, 0.1) is 11.8 Å². The first-order valence-electron chi connectivity index (χ1n) is 6.20. The molecule has 0 aromatic heterocycles. The van der Waals surface area contributed by atoms with Crippen LogP contribution in [0.3, 0.4) is 0 Å². The van der Waals surface area contributed by atoms with Gasteiger partial charge in [0, 0.05) is 19.5 Å². The van der Waals surface area contributed by atoms with E-state index in [9.17, 15) is 4.79 Å². The predicted molar refractivity (Wildman–Crippen MR) is 66.0 cm³/mol. The first kappa shape index (κ1) is 13.8. The van der Waals surface area contributed by atoms with Crippen LogP contribution in [0.5, 0.6) is 0 Å². The second-order valence-corrected chi connectivity index (χ2v) is 5.06. The fourth-order valence-corrected chi connectivity index (χ4v) is 3.13. The van der Waals surface area contributed by atoms with E-state index in [1.54, 1.807) is 0 Å². The number of nitrogens with zero attached hydrogens (tertiary/aromatic N) is 1. The lowest BCUT2D eigenvalue weighted by Crippen LogP contribution is -2.23. The first-order chi connectivity index (χ1) is 7.25. The molecule has 16 heavy (non-hydrogen) atoms. The standard InChI is InChI=1S/C12H21NO2.ClH/c14-12(15)6-1-2-7-13-8-10-4-3-5-11(10)9-13;/h10-11H,1-9H2,(H,14,15);1H. The van der Waals surface area contributed by atoms with Crippen molar-refractivity contribution in [2.24, 2.45) is 11.8 Å². The SMILES string of the molecule is Cl.O=C(O)CCCCN1CC2CCCC2C1. The van der Waals surface area contributed by atoms with E-state index in [4.69, 9.17) is 5.11 Å². The molecule has 0 aromatic rings. The summed E-state index contributed by atoms with van der Waals surface area (Å²) in [6, 6.07) is 0. The number of halogens is 1. The zero-order valence-corrected chi connectivity index (χ0v) is 10.5. The average molecular weight is 248 g/mol. The third-order valence-electron chi connectivity index (χ3n) is 3.92. The molecule has 1 saturated carbocycles. The maximum absolute atomic E-state index is 10.3. The number of carboxylic acids is 1. The molecule has 1 aliphatic carbocycles. The first-order valence-corrected chi connectivity index (χ1v) is 6.20. The molecule has 2 aliphatic rings. The van der Waals surface area contributed by atoms with Gasteiger partial charge in [-0.1, -0.05) is 6.42 Å². The maximum atomic E-state index is 10.3. The second-order valence-electron chi connectivity index (χ2n) is 5.06. The molecule has 1 aliphatic heterocycles. The van der Waals surface area contributed by atoms with Gasteiger partial charge in [-0.2, -0.15) is 0 Å². The number of hydrogen-bond donors (Lipinski definition) is 1. The molecule has 0 amide bonds. The maximum Gasteiger partial charge on any atom is 0.303 e. The Morgan fingerprint density at radius 1 is 1.19 bits per heavy atom. The smallest absolute Gasteiger partial charge is 0.303 e. The normalized spacial score (nSPS) is 28.8. The lowest BCUT2D eigenvalue weighted by molar-refractivity contribution is -0.137. The van der Waals surface area contributed by atoms with Gasteiger partial charge in [0.2, 0.25) is 0 Å². The van der Waals surface area contributed by atoms with Crippen LogP contribution in [0.15, 0.2) is 0 Å². The monoisotopic (exact) mass is 247 g/mol. The van der Waals surface area contributed by atoms with E-state index < -0.39 is 5.97 Å². The minimum Gasteiger partial charge on any atom is -0.481 e. The number of unbranched alkanes of at least 4 members (excludes halogenated alkanes) is 1. The van der Waals surface area contributed by atoms with Gasteiger partial charge in [0.05, 0.1) is 0 Å². The number of likely N-dealkylation sites (tertiary alicyclic amines) is 1. The number of fused-ring (bicyclic) bond motifs is 1. The van der Waals surface area contributed by atoms with Crippen LogP contribution in [-0.2, 0) is 4.79 Å². The molecule has 4 heteroatoms. The van der Waals surface area contributed by atoms with Gasteiger partial charge in [-0.05, 0) is 44.1 Å². The van der Waals surface area contributed by atoms with Crippen LogP contribution < -0.4 is 0 Å². The van der Waals surface area contributed by atoms with Crippen molar-refractivity contribution in [1.29, 1.82) is 0 Å². The summed E-state index contributed by atoms with van der Waals surface area (Å²) in [6.07, 6.45) is 6.50. The van der Waals surface area contributed by atoms with Gasteiger partial charge in [0.25, 0.3) is 0 Å². The van der Waals surface area contributed by atoms with Crippen LogP contribution >= 0.6 is 12.4 Å². The second kappa shape index (κ2) is 6.45. The van der Waals surface area contributed by atoms with E-state index in [1.165, 1.54) is 32.4 Å². The lowest BCUT2D eigenvalue weighted by atomic mass is 10.0. The summed E-state index contributed by atoms with van der Waals surface area (Å²) in [7, 11) is 0. The highest BCUT2D eigenvalue weighted by atomic mass is 35.5. The zero-order valence-electron chi connectivity index (χ0n) is 9.73. The third kappa shape index (κ3) is 3.63. The molecule has 2 fully saturated rings. The quantitative estimate of drug-likeness (QED) is 0.759. The molecular formula is C12H22ClNO2. The summed E-state index contributed by atoms with van der Waals surface area (Å²) in [4.78, 5) is 12.9. The van der Waals surface area contributed by atoms with E-state index in [0.717, 1.165) is 31.2 Å². The summed E-state index contributed by atoms with van der Waals surface area (Å²) < 4.78 is 0. The topological polar surface area (TPSA) is 40.5 Å². The molecule has 0 spiro atoms. The third-order valence-corrected chi connectivity index (χ3v) is 3.92. The van der Waals surface area contributed by atoms with Crippen molar-refractivity contribution in [3.8, 4) is 0 Å². The van der Waals surface area contributed by atoms with Crippen LogP contribution in [0.1, 0.15) is 38.5 Å². The zero-order chi connectivity index (χ0) is 10.7. The van der Waals surface area contributed by atoms with Crippen molar-refractivity contribution in [2.75, 3.05) is 19.6 Å². The fourth-order valence-electron chi connectivity index (χ4n) is 3.13. The summed E-state index contributed by atoms with van der Waals surface area (Å²) >= 11 is 0. The van der Waals surface area contributed by atoms with Crippen molar-refractivity contribution in [3.05, 3.63) is 0 Å². The molecule has 0 aromatic carbocycles. The van der Waals surface area contributed by atoms with Gasteiger partial charge < -0.3 is 10.0 Å². The highest BCUT2D eigenvalue weighted by Gasteiger charge is 2.35. The lowest BCUT2D eigenvalue weighted by Gasteiger charge is -2.15. The number of carboxylic acid groups (broad SMARTS) is 1. The summed E-state index contributed by atoms with van der Waals surface area (Å²) in [5, 5.41) is 8.52. The van der Waals surface area contributed by atoms with Crippen molar-refractivity contribution < 1.29 is 9.90 Å². The molecular weight excluding hydrogens is 226 g/mol. The Hall–Kier alpha value is -0.280. The Bertz CT molecular complexity index is 223. The Morgan fingerprint density at radius 3 is 2.38 bits per heavy atom. The van der Waals surface area contributed by atoms with E-state index in [-0.39, 0.29) is 12.4 Å². The highest BCUT2D eigenvalue weighted by Crippen LogP contribution is 2.37. The summed E-state index contributed by atoms with van der Waals surface area (Å²) in [5.74, 6) is 1.27. The van der Waals surface area contributed by atoms with Gasteiger partial charge in [0.1, 0.15) is 0 Å². The van der Waals surface area contributed by atoms with E-state index in [0.29, 0.717) is 6.42 Å². The Balaban J connectivity index is 0.00000128. The van der Waals surface area contributed by atoms with Crippen molar-refractivity contribution in [1.82, 2.24) is 4.90 Å². The predicted octanol–water partition coefficient (Wildman–Crippen LogP) is 2.40. The van der Waals surface area contributed by atoms with Gasteiger partial charge in [-0.25, -0.2) is 0 Å². The molecule has 1 N–H and O–H groups in total. The van der Waals surface area contributed by atoms with E-state index in [2.05, 4.69) is 4.90 Å². The molecule has 2 atom stereocenters.